The van der Waals surface area contributed by atoms with Gasteiger partial charge in [-0.3, -0.25) is 9.59 Å². The van der Waals surface area contributed by atoms with Crippen LogP contribution in [0.4, 0.5) is 4.79 Å². The molecule has 0 aromatic heterocycles. The number of amides is 1. The second-order valence-corrected chi connectivity index (χ2v) is 14.7. The molecule has 1 heterocycles. The number of rotatable bonds is 21. The Hall–Kier alpha value is -3.76. The van der Waals surface area contributed by atoms with Gasteiger partial charge in [-0.05, 0) is 105 Å². The van der Waals surface area contributed by atoms with E-state index in [-0.39, 0.29) is 24.5 Å². The van der Waals surface area contributed by atoms with Crippen molar-refractivity contribution in [2.45, 2.75) is 142 Å². The highest BCUT2D eigenvalue weighted by Crippen LogP contribution is 2.28. The Morgan fingerprint density at radius 2 is 1.66 bits per heavy atom. The van der Waals surface area contributed by atoms with Gasteiger partial charge in [0.05, 0.1) is 23.5 Å². The minimum absolute atomic E-state index is 0.0305. The molecule has 1 aliphatic rings. The van der Waals surface area contributed by atoms with Crippen LogP contribution in [0.3, 0.4) is 0 Å². The van der Waals surface area contributed by atoms with Gasteiger partial charge in [0.15, 0.2) is 6.10 Å². The Morgan fingerprint density at radius 3 is 2.30 bits per heavy atom. The van der Waals surface area contributed by atoms with Crippen LogP contribution < -0.4 is 10.1 Å². The fourth-order valence-electron chi connectivity index (χ4n) is 5.09. The summed E-state index contributed by atoms with van der Waals surface area (Å²) >= 11 is 0. The first-order valence-corrected chi connectivity index (χ1v) is 18.0. The highest BCUT2D eigenvalue weighted by molar-refractivity contribution is 6.55. The van der Waals surface area contributed by atoms with Crippen LogP contribution in [0.1, 0.15) is 110 Å². The van der Waals surface area contributed by atoms with Crippen molar-refractivity contribution in [2.24, 2.45) is 5.16 Å². The number of oxime groups is 1. The van der Waals surface area contributed by atoms with Crippen LogP contribution in [-0.2, 0) is 30.4 Å². The fraction of sp³-hybridized carbons (Fsp3) is 0.632. The molecule has 0 saturated carbocycles. The van der Waals surface area contributed by atoms with Crippen molar-refractivity contribution >= 4 is 31.3 Å². The molecule has 0 bridgehead atoms. The van der Waals surface area contributed by atoms with E-state index in [9.17, 15) is 34.8 Å². The summed E-state index contributed by atoms with van der Waals surface area (Å²) in [5.74, 6) is -2.80. The van der Waals surface area contributed by atoms with Crippen LogP contribution in [0.25, 0.3) is 0 Å². The monoisotopic (exact) mass is 746 g/mol. The lowest BCUT2D eigenvalue weighted by molar-refractivity contribution is -0.271. The van der Waals surface area contributed by atoms with E-state index in [0.29, 0.717) is 25.0 Å². The molecule has 5 N–H and O–H groups in total. The quantitative estimate of drug-likeness (QED) is 0.0521. The standard InChI is InChI=1S/C38H59BN2O12/c1-9-23(2)11-10-12-24(3)13-14-25(4)41-53-38(7,8)18-20-50-37(5,6)17-19-40-33(45)27-21-26(22-49-36(39)48)15-16-28(27)51-35-31(44)29(42)30(43)32(52-35)34(46)47/h9,12,15-16,21,29-32,35,42-44H,10-11,13-14,17-20,22,39H2,1-8H3,(H,40,45)(H,46,47)/b23-9+,24-12+,41-25+/t29-,30-,31+,32-,35+/m0/s1. The van der Waals surface area contributed by atoms with Crippen molar-refractivity contribution in [2.75, 3.05) is 13.2 Å². The van der Waals surface area contributed by atoms with Crippen LogP contribution >= 0.6 is 0 Å². The van der Waals surface area contributed by atoms with E-state index >= 15 is 0 Å². The van der Waals surface area contributed by atoms with Gasteiger partial charge in [0.25, 0.3) is 5.91 Å². The topological polar surface area (TPSA) is 203 Å². The predicted molar refractivity (Wildman–Crippen MR) is 202 cm³/mol. The molecule has 1 saturated heterocycles. The lowest BCUT2D eigenvalue weighted by Crippen LogP contribution is -2.61. The van der Waals surface area contributed by atoms with Crippen LogP contribution in [-0.4, -0.2) is 107 Å². The number of hydrogen-bond acceptors (Lipinski definition) is 12. The zero-order chi connectivity index (χ0) is 39.9. The average Bonchev–Trinajstić information content (AvgIpc) is 3.08. The summed E-state index contributed by atoms with van der Waals surface area (Å²) in [4.78, 5) is 42.2. The molecule has 0 aliphatic carbocycles. The van der Waals surface area contributed by atoms with Crippen molar-refractivity contribution in [3.8, 4) is 5.75 Å². The van der Waals surface area contributed by atoms with Gasteiger partial charge in [-0.25, -0.2) is 4.79 Å². The largest absolute Gasteiger partial charge is 0.479 e. The van der Waals surface area contributed by atoms with Gasteiger partial charge >= 0.3 is 5.97 Å². The molecule has 296 valence electrons. The highest BCUT2D eigenvalue weighted by atomic mass is 16.7. The van der Waals surface area contributed by atoms with Crippen molar-refractivity contribution in [1.29, 1.82) is 0 Å². The Balaban J connectivity index is 1.96. The second kappa shape index (κ2) is 21.2. The molecule has 2 rings (SSSR count). The lowest BCUT2D eigenvalue weighted by Gasteiger charge is -2.38. The maximum Gasteiger partial charge on any atom is 0.335 e. The first kappa shape index (κ1) is 45.4. The van der Waals surface area contributed by atoms with Crippen molar-refractivity contribution in [3.63, 3.8) is 0 Å². The summed E-state index contributed by atoms with van der Waals surface area (Å²) < 4.78 is 22.1. The SMILES string of the molecule is BC(=O)OCc1ccc(O[C@@H]2O[C@H](C(=O)O)[C@@H](O)[C@H](O)[C@H]2O)c(C(=O)NCCC(C)(C)OCCC(C)(C)O/N=C(\C)CC/C(C)=C/CC/C(C)=C/C)c1. The first-order valence-electron chi connectivity index (χ1n) is 18.0. The lowest BCUT2D eigenvalue weighted by atomic mass is 9.99. The number of allylic oxidation sites excluding steroid dienone is 4. The normalized spacial score (nSPS) is 21.6. The maximum absolute atomic E-state index is 13.4. The molecular weight excluding hydrogens is 687 g/mol. The zero-order valence-corrected chi connectivity index (χ0v) is 32.6. The summed E-state index contributed by atoms with van der Waals surface area (Å²) in [6.07, 6.45) is 0.0152. The van der Waals surface area contributed by atoms with Gasteiger partial charge in [0, 0.05) is 13.0 Å². The van der Waals surface area contributed by atoms with Gasteiger partial charge in [-0.2, -0.15) is 0 Å². The van der Waals surface area contributed by atoms with E-state index in [1.165, 1.54) is 37.2 Å². The Labute approximate surface area is 314 Å². The van der Waals surface area contributed by atoms with Crippen LogP contribution in [0.5, 0.6) is 5.75 Å². The third-order valence-electron chi connectivity index (χ3n) is 8.85. The number of carboxylic acid groups (broad SMARTS) is 1. The maximum atomic E-state index is 13.4. The number of ether oxygens (including phenoxy) is 4. The number of aliphatic carboxylic acids is 1. The van der Waals surface area contributed by atoms with Gasteiger partial charge in [-0.15, -0.1) is 0 Å². The smallest absolute Gasteiger partial charge is 0.335 e. The number of carboxylic acids is 1. The van der Waals surface area contributed by atoms with Crippen LogP contribution in [0.2, 0.25) is 0 Å². The van der Waals surface area contributed by atoms with E-state index in [4.69, 9.17) is 23.8 Å². The molecule has 0 unspecified atom stereocenters. The number of aliphatic hydroxyl groups excluding tert-OH is 3. The molecule has 0 spiro atoms. The summed E-state index contributed by atoms with van der Waals surface area (Å²) in [5.41, 5.74) is 2.87. The molecule has 1 fully saturated rings. The molecule has 0 radical (unpaired) electrons. The minimum atomic E-state index is -1.91. The third-order valence-corrected chi connectivity index (χ3v) is 8.85. The molecule has 14 nitrogen and oxygen atoms in total. The van der Waals surface area contributed by atoms with Crippen molar-refractivity contribution in [1.82, 2.24) is 5.32 Å². The number of nitrogens with one attached hydrogen (secondary N) is 1. The van der Waals surface area contributed by atoms with E-state index in [1.54, 1.807) is 0 Å². The molecule has 1 aliphatic heterocycles. The van der Waals surface area contributed by atoms with E-state index in [1.807, 2.05) is 34.6 Å². The summed E-state index contributed by atoms with van der Waals surface area (Å²) in [7, 11) is 1.24. The fourth-order valence-corrected chi connectivity index (χ4v) is 5.09. The third kappa shape index (κ3) is 16.0. The van der Waals surface area contributed by atoms with Gasteiger partial charge < -0.3 is 49.5 Å². The molecule has 1 aromatic carbocycles. The Bertz CT molecular complexity index is 1470. The molecule has 53 heavy (non-hydrogen) atoms. The number of carbonyl (C=O) groups excluding carboxylic acids is 2. The molecule has 5 atom stereocenters. The van der Waals surface area contributed by atoms with Crippen LogP contribution in [0.15, 0.2) is 46.7 Å². The molecule has 1 amide bonds. The van der Waals surface area contributed by atoms with Crippen LogP contribution in [0, 0.1) is 0 Å². The van der Waals surface area contributed by atoms with Gasteiger partial charge in [0.1, 0.15) is 36.3 Å². The Morgan fingerprint density at radius 1 is 0.962 bits per heavy atom. The number of aliphatic hydroxyl groups is 3. The average molecular weight is 747 g/mol. The summed E-state index contributed by atoms with van der Waals surface area (Å²) in [5, 5.41) is 47.2. The zero-order valence-electron chi connectivity index (χ0n) is 32.6. The number of nitrogens with zero attached hydrogens (tertiary/aromatic N) is 1. The number of benzene rings is 1. The van der Waals surface area contributed by atoms with Crippen molar-refractivity contribution < 1.29 is 58.6 Å². The van der Waals surface area contributed by atoms with Crippen molar-refractivity contribution in [3.05, 3.63) is 52.6 Å². The summed E-state index contributed by atoms with van der Waals surface area (Å²) in [6, 6.07) is 4.29. The number of hydrogen-bond donors (Lipinski definition) is 5. The van der Waals surface area contributed by atoms with E-state index in [0.717, 1.165) is 31.4 Å². The van der Waals surface area contributed by atoms with Gasteiger partial charge in [-0.1, -0.05) is 34.5 Å². The first-order chi connectivity index (χ1) is 24.7. The number of carbonyl (C=O) groups is 3. The molecular formula is C38H59BN2O12. The van der Waals surface area contributed by atoms with Gasteiger partial charge in [0.2, 0.25) is 20.0 Å². The minimum Gasteiger partial charge on any atom is -0.479 e. The highest BCUT2D eigenvalue weighted by Gasteiger charge is 2.48. The molecule has 1 aromatic rings. The Kier molecular flexibility index (Phi) is 18.2. The molecule has 15 heteroatoms. The second-order valence-electron chi connectivity index (χ2n) is 14.7. The van der Waals surface area contributed by atoms with E-state index < -0.39 is 59.7 Å². The predicted octanol–water partition coefficient (Wildman–Crippen LogP) is 4.18. The van der Waals surface area contributed by atoms with E-state index in [2.05, 4.69) is 43.4 Å². The summed E-state index contributed by atoms with van der Waals surface area (Å²) in [6.45, 7) is 16.5.